The van der Waals surface area contributed by atoms with Gasteiger partial charge in [0.05, 0.1) is 37.5 Å². The summed E-state index contributed by atoms with van der Waals surface area (Å²) in [6.07, 6.45) is 9.47. The summed E-state index contributed by atoms with van der Waals surface area (Å²) in [5.41, 5.74) is 4.62. The standard InChI is InChI=1S/C24H27ClN2O4.CH3Cl/c1-30-10-11-31-20-5-2-16(3-6-20)17-4-7-21(22(25)12-17)18-8-9-27-23(13-18)19(15-26-27)14-24(28)29;1-2/h4,7-9,12-13,15-16,20H,2-3,5-6,10-11,14H2,1H3,(H,28,29);1H3. The number of aromatic nitrogens is 2. The first-order valence-corrected chi connectivity index (χ1v) is 12.1. The van der Waals surface area contributed by atoms with Gasteiger partial charge >= 0.3 is 5.97 Å². The van der Waals surface area contributed by atoms with E-state index in [0.717, 1.165) is 42.3 Å². The van der Waals surface area contributed by atoms with Crippen LogP contribution in [0.4, 0.5) is 0 Å². The Morgan fingerprint density at radius 3 is 2.58 bits per heavy atom. The molecule has 1 N–H and O–H groups in total. The number of nitrogens with zero attached hydrogens (tertiary/aromatic N) is 2. The Bertz CT molecular complexity index is 1060. The summed E-state index contributed by atoms with van der Waals surface area (Å²) in [7, 11) is 1.69. The zero-order chi connectivity index (χ0) is 23.8. The highest BCUT2D eigenvalue weighted by Gasteiger charge is 2.23. The van der Waals surface area contributed by atoms with E-state index in [1.54, 1.807) is 17.8 Å². The van der Waals surface area contributed by atoms with E-state index >= 15 is 0 Å². The summed E-state index contributed by atoms with van der Waals surface area (Å²) in [5, 5.41) is 14.1. The Labute approximate surface area is 204 Å². The van der Waals surface area contributed by atoms with Crippen molar-refractivity contribution in [2.45, 2.75) is 44.1 Å². The first-order chi connectivity index (χ1) is 16.0. The number of pyridine rings is 1. The number of aliphatic carboxylic acids is 1. The van der Waals surface area contributed by atoms with Crippen LogP contribution in [0.5, 0.6) is 0 Å². The Balaban J connectivity index is 0.00000149. The molecule has 2 aromatic heterocycles. The monoisotopic (exact) mass is 492 g/mol. The third-order valence-corrected chi connectivity index (χ3v) is 6.35. The minimum absolute atomic E-state index is 0.0581. The van der Waals surface area contributed by atoms with E-state index in [1.165, 1.54) is 11.9 Å². The highest BCUT2D eigenvalue weighted by Crippen LogP contribution is 2.38. The van der Waals surface area contributed by atoms with Gasteiger partial charge in [-0.05, 0) is 60.9 Å². The molecule has 4 rings (SSSR count). The van der Waals surface area contributed by atoms with Crippen LogP contribution in [-0.4, -0.2) is 53.5 Å². The highest BCUT2D eigenvalue weighted by molar-refractivity contribution is 6.33. The Morgan fingerprint density at radius 2 is 1.91 bits per heavy atom. The number of benzene rings is 1. The molecule has 0 spiro atoms. The van der Waals surface area contributed by atoms with Crippen molar-refractivity contribution in [3.8, 4) is 11.1 Å². The predicted octanol–water partition coefficient (Wildman–Crippen LogP) is 5.83. The van der Waals surface area contributed by atoms with Crippen molar-refractivity contribution in [1.82, 2.24) is 9.61 Å². The molecule has 1 aliphatic carbocycles. The molecule has 1 aliphatic rings. The quantitative estimate of drug-likeness (QED) is 0.316. The SMILES string of the molecule is CCl.COCCOC1CCC(c2ccc(-c3ccn4ncc(CC(=O)O)c4c3)c(Cl)c2)CC1. The van der Waals surface area contributed by atoms with Gasteiger partial charge in [0.1, 0.15) is 0 Å². The number of ether oxygens (including phenoxy) is 2. The van der Waals surface area contributed by atoms with Crippen molar-refractivity contribution in [3.63, 3.8) is 0 Å². The van der Waals surface area contributed by atoms with E-state index in [-0.39, 0.29) is 6.42 Å². The van der Waals surface area contributed by atoms with Gasteiger partial charge in [0.2, 0.25) is 0 Å². The van der Waals surface area contributed by atoms with Crippen LogP contribution in [0.15, 0.2) is 42.7 Å². The van der Waals surface area contributed by atoms with Gasteiger partial charge in [-0.3, -0.25) is 4.79 Å². The summed E-state index contributed by atoms with van der Waals surface area (Å²) >= 11 is 11.3. The van der Waals surface area contributed by atoms with E-state index in [4.69, 9.17) is 26.2 Å². The van der Waals surface area contributed by atoms with Crippen molar-refractivity contribution >= 4 is 34.7 Å². The van der Waals surface area contributed by atoms with Gasteiger partial charge in [-0.15, -0.1) is 11.6 Å². The zero-order valence-electron chi connectivity index (χ0n) is 19.0. The predicted molar refractivity (Wildman–Crippen MR) is 132 cm³/mol. The molecule has 178 valence electrons. The molecule has 0 saturated heterocycles. The van der Waals surface area contributed by atoms with E-state index in [2.05, 4.69) is 34.9 Å². The average Bonchev–Trinajstić information content (AvgIpc) is 3.22. The molecule has 6 nitrogen and oxygen atoms in total. The van der Waals surface area contributed by atoms with Crippen molar-refractivity contribution in [2.24, 2.45) is 0 Å². The normalized spacial score (nSPS) is 18.1. The molecule has 0 bridgehead atoms. The smallest absolute Gasteiger partial charge is 0.307 e. The van der Waals surface area contributed by atoms with Crippen LogP contribution < -0.4 is 0 Å². The second kappa shape index (κ2) is 12.4. The fourth-order valence-corrected chi connectivity index (χ4v) is 4.68. The first-order valence-electron chi connectivity index (χ1n) is 11.0. The summed E-state index contributed by atoms with van der Waals surface area (Å²) in [5.74, 6) is -0.380. The Hall–Kier alpha value is -2.12. The topological polar surface area (TPSA) is 73.1 Å². The zero-order valence-corrected chi connectivity index (χ0v) is 20.5. The third kappa shape index (κ3) is 6.48. The molecule has 0 aliphatic heterocycles. The number of methoxy groups -OCH3 is 1. The molecular formula is C25H30Cl2N2O4. The summed E-state index contributed by atoms with van der Waals surface area (Å²) < 4.78 is 12.6. The van der Waals surface area contributed by atoms with Crippen LogP contribution in [0.25, 0.3) is 16.6 Å². The van der Waals surface area contributed by atoms with Crippen LogP contribution in [0.2, 0.25) is 5.02 Å². The van der Waals surface area contributed by atoms with Crippen molar-refractivity contribution in [3.05, 3.63) is 58.9 Å². The molecule has 0 amide bonds. The van der Waals surface area contributed by atoms with Crippen molar-refractivity contribution in [1.29, 1.82) is 0 Å². The van der Waals surface area contributed by atoms with E-state index in [9.17, 15) is 4.79 Å². The highest BCUT2D eigenvalue weighted by atomic mass is 35.5. The summed E-state index contributed by atoms with van der Waals surface area (Å²) in [6, 6.07) is 10.2. The lowest BCUT2D eigenvalue weighted by Gasteiger charge is -2.29. The Morgan fingerprint density at radius 1 is 1.15 bits per heavy atom. The molecule has 33 heavy (non-hydrogen) atoms. The van der Waals surface area contributed by atoms with Gasteiger partial charge < -0.3 is 14.6 Å². The number of carbonyl (C=O) groups is 1. The maximum atomic E-state index is 11.1. The largest absolute Gasteiger partial charge is 0.481 e. The lowest BCUT2D eigenvalue weighted by atomic mass is 9.82. The molecule has 2 heterocycles. The lowest BCUT2D eigenvalue weighted by molar-refractivity contribution is -0.136. The number of carboxylic acids is 1. The average molecular weight is 493 g/mol. The molecule has 0 unspecified atom stereocenters. The van der Waals surface area contributed by atoms with Crippen molar-refractivity contribution in [2.75, 3.05) is 26.7 Å². The summed E-state index contributed by atoms with van der Waals surface area (Å²) in [4.78, 5) is 11.1. The second-order valence-electron chi connectivity index (χ2n) is 8.06. The maximum absolute atomic E-state index is 11.1. The van der Waals surface area contributed by atoms with Gasteiger partial charge in [0, 0.05) is 35.8 Å². The summed E-state index contributed by atoms with van der Waals surface area (Å²) in [6.45, 7) is 1.29. The fourth-order valence-electron chi connectivity index (χ4n) is 4.38. The number of halogens is 2. The van der Waals surface area contributed by atoms with E-state index < -0.39 is 5.97 Å². The second-order valence-corrected chi connectivity index (χ2v) is 8.47. The van der Waals surface area contributed by atoms with Gasteiger partial charge in [0.25, 0.3) is 0 Å². The Kier molecular flexibility index (Phi) is 9.56. The molecule has 3 aromatic rings. The van der Waals surface area contributed by atoms with Crippen LogP contribution in [0.1, 0.15) is 42.7 Å². The third-order valence-electron chi connectivity index (χ3n) is 6.03. The molecule has 1 fully saturated rings. The van der Waals surface area contributed by atoms with Crippen LogP contribution >= 0.6 is 23.2 Å². The lowest BCUT2D eigenvalue weighted by Crippen LogP contribution is -2.22. The molecule has 1 saturated carbocycles. The number of fused-ring (bicyclic) bond motifs is 1. The van der Waals surface area contributed by atoms with Crippen LogP contribution in [0, 0.1) is 0 Å². The number of hydrogen-bond acceptors (Lipinski definition) is 4. The van der Waals surface area contributed by atoms with Gasteiger partial charge in [-0.2, -0.15) is 5.10 Å². The number of alkyl halides is 1. The van der Waals surface area contributed by atoms with Gasteiger partial charge in [-0.25, -0.2) is 4.52 Å². The molecule has 8 heteroatoms. The van der Waals surface area contributed by atoms with Crippen LogP contribution in [-0.2, 0) is 20.7 Å². The fraction of sp³-hybridized carbons (Fsp3) is 0.440. The number of rotatable bonds is 8. The van der Waals surface area contributed by atoms with Crippen molar-refractivity contribution < 1.29 is 19.4 Å². The molecular weight excluding hydrogens is 463 g/mol. The molecule has 0 radical (unpaired) electrons. The maximum Gasteiger partial charge on any atom is 0.307 e. The van der Waals surface area contributed by atoms with E-state index in [0.29, 0.717) is 35.8 Å². The molecule has 0 atom stereocenters. The van der Waals surface area contributed by atoms with E-state index in [1.807, 2.05) is 18.3 Å². The minimum atomic E-state index is -0.874. The van der Waals surface area contributed by atoms with Crippen LogP contribution in [0.3, 0.4) is 0 Å². The number of hydrogen-bond donors (Lipinski definition) is 1. The molecule has 1 aromatic carbocycles. The van der Waals surface area contributed by atoms with Gasteiger partial charge in [0.15, 0.2) is 0 Å². The van der Waals surface area contributed by atoms with Gasteiger partial charge in [-0.1, -0.05) is 23.7 Å². The first kappa shape index (κ1) is 25.5. The number of carboxylic acid groups (broad SMARTS) is 1. The minimum Gasteiger partial charge on any atom is -0.481 e.